The molecular formula is C13H14O2. The number of unbranched alkanes of at least 4 members (excludes halogenated alkanes) is 2. The Morgan fingerprint density at radius 1 is 1.47 bits per heavy atom. The van der Waals surface area contributed by atoms with Crippen LogP contribution < -0.4 is 0 Å². The van der Waals surface area contributed by atoms with Crippen molar-refractivity contribution in [3.8, 4) is 17.6 Å². The molecule has 0 saturated carbocycles. The second kappa shape index (κ2) is 5.87. The molecule has 1 N–H and O–H groups in total. The first-order valence-corrected chi connectivity index (χ1v) is 5.05. The van der Waals surface area contributed by atoms with Gasteiger partial charge in [0.25, 0.3) is 0 Å². The summed E-state index contributed by atoms with van der Waals surface area (Å²) in [7, 11) is 0. The van der Waals surface area contributed by atoms with Crippen LogP contribution in [0.2, 0.25) is 0 Å². The van der Waals surface area contributed by atoms with Gasteiger partial charge in [0.15, 0.2) is 6.29 Å². The molecule has 2 nitrogen and oxygen atoms in total. The van der Waals surface area contributed by atoms with Gasteiger partial charge in [0, 0.05) is 12.0 Å². The highest BCUT2D eigenvalue weighted by molar-refractivity contribution is 5.83. The van der Waals surface area contributed by atoms with Crippen molar-refractivity contribution < 1.29 is 9.90 Å². The van der Waals surface area contributed by atoms with Gasteiger partial charge in [-0.15, -0.1) is 0 Å². The van der Waals surface area contributed by atoms with Crippen LogP contribution in [0, 0.1) is 11.8 Å². The molecular weight excluding hydrogens is 188 g/mol. The topological polar surface area (TPSA) is 37.3 Å². The lowest BCUT2D eigenvalue weighted by molar-refractivity contribution is 0.112. The predicted molar refractivity (Wildman–Crippen MR) is 59.9 cm³/mol. The Morgan fingerprint density at radius 3 is 2.93 bits per heavy atom. The number of hydrogen-bond donors (Lipinski definition) is 1. The number of aromatic hydroxyl groups is 1. The standard InChI is InChI=1S/C13H14O2/c1-2-3-4-5-7-11-8-6-9-13(15)12(11)10-14/h6,8-10,15H,2-4H2,1H3. The van der Waals surface area contributed by atoms with Crippen LogP contribution in [-0.4, -0.2) is 11.4 Å². The molecule has 0 aliphatic heterocycles. The Hall–Kier alpha value is -1.75. The molecule has 1 rings (SSSR count). The fourth-order valence-corrected chi connectivity index (χ4v) is 1.21. The molecule has 2 heteroatoms. The summed E-state index contributed by atoms with van der Waals surface area (Å²) in [5.41, 5.74) is 0.877. The van der Waals surface area contributed by atoms with Crippen molar-refractivity contribution >= 4 is 6.29 Å². The van der Waals surface area contributed by atoms with Crippen LogP contribution in [0.1, 0.15) is 42.1 Å². The summed E-state index contributed by atoms with van der Waals surface area (Å²) >= 11 is 0. The number of hydrogen-bond acceptors (Lipinski definition) is 2. The first-order chi connectivity index (χ1) is 7.29. The van der Waals surface area contributed by atoms with Gasteiger partial charge in [-0.2, -0.15) is 0 Å². The summed E-state index contributed by atoms with van der Waals surface area (Å²) in [6.45, 7) is 2.10. The van der Waals surface area contributed by atoms with Gasteiger partial charge in [0.1, 0.15) is 5.75 Å². The molecule has 0 spiro atoms. The quantitative estimate of drug-likeness (QED) is 0.465. The van der Waals surface area contributed by atoms with E-state index < -0.39 is 0 Å². The average molecular weight is 202 g/mol. The van der Waals surface area contributed by atoms with Crippen LogP contribution in [0.3, 0.4) is 0 Å². The molecule has 0 atom stereocenters. The molecule has 15 heavy (non-hydrogen) atoms. The molecule has 1 aromatic carbocycles. The first kappa shape index (κ1) is 11.3. The Kier molecular flexibility index (Phi) is 4.43. The molecule has 0 unspecified atom stereocenters. The molecule has 0 heterocycles. The Morgan fingerprint density at radius 2 is 2.27 bits per heavy atom. The third-order valence-electron chi connectivity index (χ3n) is 2.08. The molecule has 1 aromatic rings. The van der Waals surface area contributed by atoms with Crippen molar-refractivity contribution in [2.45, 2.75) is 26.2 Å². The highest BCUT2D eigenvalue weighted by Gasteiger charge is 2.03. The normalized spacial score (nSPS) is 9.13. The summed E-state index contributed by atoms with van der Waals surface area (Å²) < 4.78 is 0. The smallest absolute Gasteiger partial charge is 0.155 e. The third-order valence-corrected chi connectivity index (χ3v) is 2.08. The summed E-state index contributed by atoms with van der Waals surface area (Å²) in [6.07, 6.45) is 3.63. The van der Waals surface area contributed by atoms with Gasteiger partial charge >= 0.3 is 0 Å². The molecule has 0 aliphatic carbocycles. The molecule has 0 amide bonds. The lowest BCUT2D eigenvalue weighted by atomic mass is 10.1. The number of phenols is 1. The van der Waals surface area contributed by atoms with E-state index in [4.69, 9.17) is 0 Å². The van der Waals surface area contributed by atoms with Crippen LogP contribution in [0.25, 0.3) is 0 Å². The van der Waals surface area contributed by atoms with Crippen molar-refractivity contribution in [1.29, 1.82) is 0 Å². The van der Waals surface area contributed by atoms with Crippen molar-refractivity contribution in [2.75, 3.05) is 0 Å². The second-order valence-electron chi connectivity index (χ2n) is 3.26. The minimum atomic E-state index is -0.00714. The second-order valence-corrected chi connectivity index (χ2v) is 3.26. The van der Waals surface area contributed by atoms with Crippen LogP contribution in [0.4, 0.5) is 0 Å². The maximum Gasteiger partial charge on any atom is 0.155 e. The minimum Gasteiger partial charge on any atom is -0.507 e. The summed E-state index contributed by atoms with van der Waals surface area (Å²) in [5.74, 6) is 5.88. The molecule has 0 aliphatic rings. The lowest BCUT2D eigenvalue weighted by Gasteiger charge is -1.98. The molecule has 0 fully saturated rings. The van der Waals surface area contributed by atoms with Crippen LogP contribution in [-0.2, 0) is 0 Å². The maximum absolute atomic E-state index is 10.7. The van der Waals surface area contributed by atoms with Gasteiger partial charge < -0.3 is 5.11 Å². The van der Waals surface area contributed by atoms with E-state index in [9.17, 15) is 9.90 Å². The monoisotopic (exact) mass is 202 g/mol. The number of aldehydes is 1. The summed E-state index contributed by atoms with van der Waals surface area (Å²) in [4.78, 5) is 10.7. The molecule has 0 saturated heterocycles. The number of carbonyl (C=O) groups is 1. The van der Waals surface area contributed by atoms with E-state index in [1.54, 1.807) is 12.1 Å². The zero-order valence-corrected chi connectivity index (χ0v) is 8.79. The van der Waals surface area contributed by atoms with Gasteiger partial charge in [-0.3, -0.25) is 4.79 Å². The SMILES string of the molecule is CCCCC#Cc1cccc(O)c1C=O. The number of carbonyl (C=O) groups excluding carboxylic acids is 1. The van der Waals surface area contributed by atoms with E-state index in [1.165, 1.54) is 6.07 Å². The van der Waals surface area contributed by atoms with Crippen molar-refractivity contribution in [1.82, 2.24) is 0 Å². The maximum atomic E-state index is 10.7. The average Bonchev–Trinajstić information content (AvgIpc) is 2.24. The Balaban J connectivity index is 2.87. The highest BCUT2D eigenvalue weighted by Crippen LogP contribution is 2.17. The van der Waals surface area contributed by atoms with E-state index in [-0.39, 0.29) is 11.3 Å². The zero-order valence-electron chi connectivity index (χ0n) is 8.79. The molecule has 0 aromatic heterocycles. The number of phenolic OH excluding ortho intramolecular Hbond substituents is 1. The fourth-order valence-electron chi connectivity index (χ4n) is 1.21. The van der Waals surface area contributed by atoms with E-state index in [1.807, 2.05) is 0 Å². The zero-order chi connectivity index (χ0) is 11.1. The van der Waals surface area contributed by atoms with E-state index in [0.717, 1.165) is 19.3 Å². The minimum absolute atomic E-state index is 0.00714. The van der Waals surface area contributed by atoms with Crippen LogP contribution in [0.5, 0.6) is 5.75 Å². The fraction of sp³-hybridized carbons (Fsp3) is 0.308. The third kappa shape index (κ3) is 3.14. The van der Waals surface area contributed by atoms with Crippen molar-refractivity contribution in [2.24, 2.45) is 0 Å². The lowest BCUT2D eigenvalue weighted by Crippen LogP contribution is -1.87. The molecule has 0 radical (unpaired) electrons. The molecule has 0 bridgehead atoms. The number of rotatable bonds is 3. The summed E-state index contributed by atoms with van der Waals surface area (Å²) in [5, 5.41) is 9.40. The van der Waals surface area contributed by atoms with E-state index >= 15 is 0 Å². The van der Waals surface area contributed by atoms with Crippen LogP contribution >= 0.6 is 0 Å². The van der Waals surface area contributed by atoms with Gasteiger partial charge in [-0.05, 0) is 18.6 Å². The van der Waals surface area contributed by atoms with Gasteiger partial charge in [0.05, 0.1) is 5.56 Å². The largest absolute Gasteiger partial charge is 0.507 e. The Bertz CT molecular complexity index is 397. The van der Waals surface area contributed by atoms with Crippen molar-refractivity contribution in [3.05, 3.63) is 29.3 Å². The first-order valence-electron chi connectivity index (χ1n) is 5.05. The summed E-state index contributed by atoms with van der Waals surface area (Å²) in [6, 6.07) is 4.91. The van der Waals surface area contributed by atoms with Gasteiger partial charge in [-0.1, -0.05) is 31.3 Å². The number of benzene rings is 1. The van der Waals surface area contributed by atoms with Crippen molar-refractivity contribution in [3.63, 3.8) is 0 Å². The highest BCUT2D eigenvalue weighted by atomic mass is 16.3. The van der Waals surface area contributed by atoms with Gasteiger partial charge in [-0.25, -0.2) is 0 Å². The van der Waals surface area contributed by atoms with E-state index in [0.29, 0.717) is 11.8 Å². The Labute approximate surface area is 89.9 Å². The van der Waals surface area contributed by atoms with E-state index in [2.05, 4.69) is 18.8 Å². The van der Waals surface area contributed by atoms with Gasteiger partial charge in [0.2, 0.25) is 0 Å². The predicted octanol–water partition coefficient (Wildman–Crippen LogP) is 2.75. The molecule has 78 valence electrons. The van der Waals surface area contributed by atoms with Crippen LogP contribution in [0.15, 0.2) is 18.2 Å².